The Kier molecular flexibility index (Phi) is 10.5. The van der Waals surface area contributed by atoms with Gasteiger partial charge < -0.3 is 17.9 Å². The Morgan fingerprint density at radius 1 is 0.962 bits per heavy atom. The van der Waals surface area contributed by atoms with E-state index in [0.717, 1.165) is 0 Å². The van der Waals surface area contributed by atoms with Crippen LogP contribution in [0.3, 0.4) is 0 Å². The van der Waals surface area contributed by atoms with Crippen LogP contribution in [-0.2, 0) is 23.9 Å². The molecule has 0 aliphatic carbocycles. The molecular weight excluding hydrogens is 386 g/mol. The second-order valence-corrected chi connectivity index (χ2v) is 11.7. The number of hydrogen-bond donors (Lipinski definition) is 0. The predicted molar refractivity (Wildman–Crippen MR) is 113 cm³/mol. The molecule has 2 aromatic rings. The van der Waals surface area contributed by atoms with Crippen LogP contribution >= 0.6 is 0 Å². The van der Waals surface area contributed by atoms with E-state index in [1.165, 1.54) is 10.4 Å². The predicted octanol–water partition coefficient (Wildman–Crippen LogP) is 5.03. The van der Waals surface area contributed by atoms with E-state index >= 15 is 0 Å². The summed E-state index contributed by atoms with van der Waals surface area (Å²) in [6.45, 7) is 11.8. The molecule has 0 N–H and O–H groups in total. The van der Waals surface area contributed by atoms with Crippen LogP contribution in [0, 0.1) is 19.4 Å². The molecule has 1 nitrogen and oxygen atoms in total. The zero-order chi connectivity index (χ0) is 17.6. The van der Waals surface area contributed by atoms with Crippen LogP contribution in [0.4, 0.5) is 0 Å². The Morgan fingerprint density at radius 3 is 1.73 bits per heavy atom. The molecule has 0 fully saturated rings. The van der Waals surface area contributed by atoms with E-state index in [9.17, 15) is 0 Å². The maximum absolute atomic E-state index is 6.85. The molecule has 0 aliphatic rings. The quantitative estimate of drug-likeness (QED) is 0.473. The summed E-state index contributed by atoms with van der Waals surface area (Å²) in [5.41, 5.74) is 0. The second-order valence-electron chi connectivity index (χ2n) is 7.41. The van der Waals surface area contributed by atoms with Gasteiger partial charge in [0.05, 0.1) is 0 Å². The van der Waals surface area contributed by atoms with Crippen LogP contribution in [0.15, 0.2) is 66.7 Å². The van der Waals surface area contributed by atoms with Crippen molar-refractivity contribution in [1.82, 2.24) is 0 Å². The van der Waals surface area contributed by atoms with Gasteiger partial charge in [-0.1, -0.05) is 88.4 Å². The summed E-state index contributed by atoms with van der Waals surface area (Å²) in [6.07, 6.45) is 5.23. The van der Waals surface area contributed by atoms with Crippen molar-refractivity contribution in [2.45, 2.75) is 39.7 Å². The van der Waals surface area contributed by atoms with Crippen LogP contribution in [0.2, 0.25) is 5.04 Å². The second kappa shape index (κ2) is 11.0. The van der Waals surface area contributed by atoms with Crippen LogP contribution in [0.1, 0.15) is 34.6 Å². The average molecular weight is 418 g/mol. The summed E-state index contributed by atoms with van der Waals surface area (Å²) in [5.74, 6) is 0.358. The standard InChI is InChI=1S/C22H29OSi.CH3.Zn/c1-6-13-19(2)18-23-24(22(3,4)5,20-14-9-7-10-15-20)21-16-11-8-12-17-21;;/h7-17,19H,18H2,1-5H3;1H3;/q2*-1;+2/t19-;;/m0../s1. The summed E-state index contributed by atoms with van der Waals surface area (Å²) in [6, 6.07) is 21.6. The molecule has 2 aromatic carbocycles. The first kappa shape index (κ1) is 25.0. The largest absolute Gasteiger partial charge is 2.00 e. The summed E-state index contributed by atoms with van der Waals surface area (Å²) < 4.78 is 6.85. The van der Waals surface area contributed by atoms with Crippen molar-refractivity contribution in [3.63, 3.8) is 0 Å². The molecule has 0 saturated carbocycles. The van der Waals surface area contributed by atoms with Crippen molar-refractivity contribution in [3.05, 3.63) is 80.2 Å². The van der Waals surface area contributed by atoms with Crippen LogP contribution in [0.5, 0.6) is 0 Å². The van der Waals surface area contributed by atoms with Gasteiger partial charge in [0.25, 0.3) is 8.32 Å². The Bertz CT molecular complexity index is 607. The maximum Gasteiger partial charge on any atom is 2.00 e. The van der Waals surface area contributed by atoms with E-state index < -0.39 is 8.32 Å². The maximum atomic E-state index is 6.85. The Labute approximate surface area is 174 Å². The third-order valence-electron chi connectivity index (χ3n) is 4.43. The first-order valence-electron chi connectivity index (χ1n) is 8.67. The summed E-state index contributed by atoms with van der Waals surface area (Å²) >= 11 is 0. The summed E-state index contributed by atoms with van der Waals surface area (Å²) in [5, 5.41) is 2.70. The van der Waals surface area contributed by atoms with E-state index in [0.29, 0.717) is 12.5 Å². The van der Waals surface area contributed by atoms with Gasteiger partial charge in [0.1, 0.15) is 0 Å². The molecule has 0 radical (unpaired) electrons. The molecule has 1 atom stereocenters. The molecule has 136 valence electrons. The summed E-state index contributed by atoms with van der Waals surface area (Å²) in [7, 11) is -2.39. The van der Waals surface area contributed by atoms with Gasteiger partial charge >= 0.3 is 19.5 Å². The van der Waals surface area contributed by atoms with Gasteiger partial charge in [0.15, 0.2) is 0 Å². The Balaban J connectivity index is 0.00000312. The molecule has 3 heteroatoms. The third kappa shape index (κ3) is 5.49. The normalized spacial score (nSPS) is 13.0. The van der Waals surface area contributed by atoms with Crippen molar-refractivity contribution >= 4 is 18.7 Å². The molecule has 2 rings (SSSR count). The molecular formula is C23H32OSiZn. The number of allylic oxidation sites excluding steroid dienone is 1. The van der Waals surface area contributed by atoms with Gasteiger partial charge in [0.2, 0.25) is 0 Å². The SMILES string of the molecule is C[C-]=C[C@H](C)CO[Si](c1ccccc1)(c1ccccc1)C(C)(C)C.[CH3-].[Zn+2]. The fourth-order valence-electron chi connectivity index (χ4n) is 3.35. The van der Waals surface area contributed by atoms with Gasteiger partial charge in [-0.15, -0.1) is 0 Å². The molecule has 0 spiro atoms. The van der Waals surface area contributed by atoms with Crippen LogP contribution in [0.25, 0.3) is 0 Å². The molecule has 0 amide bonds. The first-order chi connectivity index (χ1) is 11.4. The molecule has 0 unspecified atom stereocenters. The minimum Gasteiger partial charge on any atom is -0.503 e. The van der Waals surface area contributed by atoms with Crippen molar-refractivity contribution in [3.8, 4) is 0 Å². The van der Waals surface area contributed by atoms with Crippen molar-refractivity contribution in [1.29, 1.82) is 0 Å². The van der Waals surface area contributed by atoms with Gasteiger partial charge in [-0.3, -0.25) is 6.08 Å². The minimum absolute atomic E-state index is 0. The number of hydrogen-bond acceptors (Lipinski definition) is 1. The monoisotopic (exact) mass is 416 g/mol. The smallest absolute Gasteiger partial charge is 0.503 e. The van der Waals surface area contributed by atoms with Gasteiger partial charge in [-0.2, -0.15) is 6.92 Å². The topological polar surface area (TPSA) is 9.23 Å². The average Bonchev–Trinajstić information content (AvgIpc) is 2.56. The van der Waals surface area contributed by atoms with Crippen molar-refractivity contribution < 1.29 is 23.9 Å². The molecule has 0 heterocycles. The molecule has 0 bridgehead atoms. The first-order valence-corrected chi connectivity index (χ1v) is 10.6. The van der Waals surface area contributed by atoms with E-state index in [1.54, 1.807) is 0 Å². The number of rotatable bonds is 6. The minimum atomic E-state index is -2.39. The Morgan fingerprint density at radius 2 is 1.38 bits per heavy atom. The fourth-order valence-corrected chi connectivity index (χ4v) is 8.02. The van der Waals surface area contributed by atoms with Crippen LogP contribution < -0.4 is 10.4 Å². The fraction of sp³-hybridized carbons (Fsp3) is 0.348. The Hall–Kier alpha value is -1.02. The zero-order valence-electron chi connectivity index (χ0n) is 17.3. The van der Waals surface area contributed by atoms with E-state index in [1.807, 2.05) is 6.92 Å². The van der Waals surface area contributed by atoms with E-state index in [4.69, 9.17) is 4.43 Å². The van der Waals surface area contributed by atoms with E-state index in [-0.39, 0.29) is 31.9 Å². The molecule has 0 aliphatic heterocycles. The van der Waals surface area contributed by atoms with Crippen LogP contribution in [-0.4, -0.2) is 14.9 Å². The molecule has 0 aromatic heterocycles. The van der Waals surface area contributed by atoms with Gasteiger partial charge in [-0.25, -0.2) is 0 Å². The van der Waals surface area contributed by atoms with Crippen molar-refractivity contribution in [2.75, 3.05) is 6.61 Å². The van der Waals surface area contributed by atoms with Crippen molar-refractivity contribution in [2.24, 2.45) is 5.92 Å². The third-order valence-corrected chi connectivity index (χ3v) is 9.44. The zero-order valence-corrected chi connectivity index (χ0v) is 21.2. The number of benzene rings is 2. The summed E-state index contributed by atoms with van der Waals surface area (Å²) in [4.78, 5) is 0. The van der Waals surface area contributed by atoms with E-state index in [2.05, 4.69) is 101 Å². The van der Waals surface area contributed by atoms with Gasteiger partial charge in [0, 0.05) is 6.61 Å². The molecule has 0 saturated heterocycles. The molecule has 26 heavy (non-hydrogen) atoms. The van der Waals surface area contributed by atoms with Gasteiger partial charge in [-0.05, 0) is 21.3 Å².